The number of nitrogens with zero attached hydrogens (tertiary/aromatic N) is 3. The van der Waals surface area contributed by atoms with Crippen LogP contribution in [0.1, 0.15) is 0 Å². The van der Waals surface area contributed by atoms with E-state index in [1.165, 1.54) is 11.3 Å². The highest BCUT2D eigenvalue weighted by atomic mass is 32.1. The van der Waals surface area contributed by atoms with Crippen molar-refractivity contribution in [1.29, 1.82) is 0 Å². The molecule has 0 radical (unpaired) electrons. The van der Waals surface area contributed by atoms with Crippen molar-refractivity contribution in [1.82, 2.24) is 15.0 Å². The van der Waals surface area contributed by atoms with Crippen molar-refractivity contribution >= 4 is 23.2 Å². The summed E-state index contributed by atoms with van der Waals surface area (Å²) in [5.41, 5.74) is 11.0. The van der Waals surface area contributed by atoms with Gasteiger partial charge in [0, 0.05) is 0 Å². The van der Waals surface area contributed by atoms with Crippen molar-refractivity contribution in [2.45, 2.75) is 0 Å². The maximum absolute atomic E-state index is 5.48. The molecule has 0 saturated carbocycles. The van der Waals surface area contributed by atoms with Crippen molar-refractivity contribution in [2.75, 3.05) is 18.6 Å². The molecule has 0 aliphatic carbocycles. The number of hydrogen-bond donors (Lipinski definition) is 2. The number of hydrogen-bond acceptors (Lipinski definition) is 7. The first-order chi connectivity index (χ1) is 7.20. The zero-order chi connectivity index (χ0) is 10.8. The van der Waals surface area contributed by atoms with Gasteiger partial charge in [0.2, 0.25) is 11.9 Å². The Morgan fingerprint density at radius 3 is 2.47 bits per heavy atom. The second-order valence-corrected chi connectivity index (χ2v) is 3.61. The summed E-state index contributed by atoms with van der Waals surface area (Å²) in [7, 11) is 1.58. The zero-order valence-electron chi connectivity index (χ0n) is 7.97. The van der Waals surface area contributed by atoms with Gasteiger partial charge in [-0.1, -0.05) is 0 Å². The Bertz CT molecular complexity index is 463. The fraction of sp³-hybridized carbons (Fsp3) is 0.125. The molecule has 0 saturated heterocycles. The van der Waals surface area contributed by atoms with Crippen molar-refractivity contribution < 1.29 is 4.74 Å². The summed E-state index contributed by atoms with van der Waals surface area (Å²) in [4.78, 5) is 12.5. The van der Waals surface area contributed by atoms with E-state index in [0.717, 1.165) is 4.88 Å². The van der Waals surface area contributed by atoms with Gasteiger partial charge in [-0.15, -0.1) is 11.3 Å². The summed E-state index contributed by atoms with van der Waals surface area (Å²) in [6.45, 7) is 0. The first-order valence-electron chi connectivity index (χ1n) is 4.09. The molecule has 0 aliphatic rings. The Hall–Kier alpha value is -1.89. The Labute approximate surface area is 89.9 Å². The van der Waals surface area contributed by atoms with Crippen LogP contribution in [0.15, 0.2) is 11.4 Å². The molecular weight excluding hydrogens is 214 g/mol. The molecule has 0 atom stereocenters. The minimum absolute atomic E-state index is 0.105. The number of rotatable bonds is 2. The Balaban J connectivity index is 2.53. The van der Waals surface area contributed by atoms with E-state index in [1.807, 2.05) is 11.4 Å². The van der Waals surface area contributed by atoms with Gasteiger partial charge in [-0.2, -0.15) is 15.0 Å². The Morgan fingerprint density at radius 1 is 1.20 bits per heavy atom. The molecule has 7 heteroatoms. The monoisotopic (exact) mass is 223 g/mol. The van der Waals surface area contributed by atoms with Crippen LogP contribution in [0.25, 0.3) is 10.7 Å². The molecule has 15 heavy (non-hydrogen) atoms. The van der Waals surface area contributed by atoms with E-state index in [-0.39, 0.29) is 11.9 Å². The lowest BCUT2D eigenvalue weighted by Crippen LogP contribution is -2.04. The van der Waals surface area contributed by atoms with Crippen LogP contribution in [-0.2, 0) is 0 Å². The summed E-state index contributed by atoms with van der Waals surface area (Å²) in [6, 6.07) is 1.83. The van der Waals surface area contributed by atoms with Gasteiger partial charge in [0.05, 0.1) is 7.11 Å². The molecule has 0 unspecified atom stereocenters. The quantitative estimate of drug-likeness (QED) is 0.780. The molecule has 0 amide bonds. The summed E-state index contributed by atoms with van der Waals surface area (Å²) in [5.74, 6) is 1.35. The predicted octanol–water partition coefficient (Wildman–Crippen LogP) is 0.773. The molecule has 2 aromatic heterocycles. The third-order valence-corrected chi connectivity index (χ3v) is 2.61. The van der Waals surface area contributed by atoms with Gasteiger partial charge in [0.1, 0.15) is 10.6 Å². The lowest BCUT2D eigenvalue weighted by atomic mass is 10.4. The first kappa shape index (κ1) is 9.66. The molecule has 2 heterocycles. The number of ether oxygens (including phenoxy) is 1. The topological polar surface area (TPSA) is 99.9 Å². The van der Waals surface area contributed by atoms with E-state index in [9.17, 15) is 0 Å². The van der Waals surface area contributed by atoms with Crippen LogP contribution >= 0.6 is 11.3 Å². The highest BCUT2D eigenvalue weighted by Gasteiger charge is 2.11. The van der Waals surface area contributed by atoms with Gasteiger partial charge in [0.25, 0.3) is 0 Å². The van der Waals surface area contributed by atoms with Gasteiger partial charge in [-0.05, 0) is 11.4 Å². The largest absolute Gasteiger partial charge is 0.495 e. The normalized spacial score (nSPS) is 10.2. The molecular formula is C8H9N5OS. The molecule has 78 valence electrons. The zero-order valence-corrected chi connectivity index (χ0v) is 8.78. The molecule has 0 spiro atoms. The minimum Gasteiger partial charge on any atom is -0.495 e. The third-order valence-electron chi connectivity index (χ3n) is 1.72. The van der Waals surface area contributed by atoms with Crippen molar-refractivity contribution in [3.8, 4) is 16.5 Å². The van der Waals surface area contributed by atoms with E-state index in [2.05, 4.69) is 15.0 Å². The summed E-state index contributed by atoms with van der Waals surface area (Å²) in [6.07, 6.45) is 0. The van der Waals surface area contributed by atoms with Crippen LogP contribution in [0.2, 0.25) is 0 Å². The number of nitrogens with two attached hydrogens (primary N) is 2. The van der Waals surface area contributed by atoms with Gasteiger partial charge >= 0.3 is 0 Å². The smallest absolute Gasteiger partial charge is 0.225 e. The van der Waals surface area contributed by atoms with Crippen molar-refractivity contribution in [3.63, 3.8) is 0 Å². The molecule has 2 rings (SSSR count). The molecule has 0 bridgehead atoms. The predicted molar refractivity (Wildman–Crippen MR) is 58.5 cm³/mol. The third kappa shape index (κ3) is 1.82. The van der Waals surface area contributed by atoms with Crippen LogP contribution in [0.4, 0.5) is 11.9 Å². The molecule has 2 aromatic rings. The maximum atomic E-state index is 5.48. The van der Waals surface area contributed by atoms with Crippen LogP contribution in [-0.4, -0.2) is 22.1 Å². The number of nitrogen functional groups attached to an aromatic ring is 2. The molecule has 0 fully saturated rings. The van der Waals surface area contributed by atoms with Gasteiger partial charge < -0.3 is 16.2 Å². The van der Waals surface area contributed by atoms with Gasteiger partial charge in [-0.3, -0.25) is 0 Å². The summed E-state index contributed by atoms with van der Waals surface area (Å²) < 4.78 is 5.15. The maximum Gasteiger partial charge on any atom is 0.225 e. The van der Waals surface area contributed by atoms with E-state index >= 15 is 0 Å². The molecule has 0 aliphatic heterocycles. The molecule has 4 N–H and O–H groups in total. The van der Waals surface area contributed by atoms with Crippen LogP contribution < -0.4 is 16.2 Å². The highest BCUT2D eigenvalue weighted by Crippen LogP contribution is 2.33. The minimum atomic E-state index is 0.105. The SMILES string of the molecule is COc1ccsc1-c1nc(N)nc(N)n1. The van der Waals surface area contributed by atoms with Crippen LogP contribution in [0.3, 0.4) is 0 Å². The lowest BCUT2D eigenvalue weighted by molar-refractivity contribution is 0.418. The lowest BCUT2D eigenvalue weighted by Gasteiger charge is -2.02. The highest BCUT2D eigenvalue weighted by molar-refractivity contribution is 7.13. The number of thiophene rings is 1. The van der Waals surface area contributed by atoms with Gasteiger partial charge in [0.15, 0.2) is 5.82 Å². The average molecular weight is 223 g/mol. The molecule has 0 aromatic carbocycles. The summed E-state index contributed by atoms with van der Waals surface area (Å²) in [5, 5.41) is 1.88. The Morgan fingerprint density at radius 2 is 1.87 bits per heavy atom. The van der Waals surface area contributed by atoms with Crippen LogP contribution in [0, 0.1) is 0 Å². The fourth-order valence-corrected chi connectivity index (χ4v) is 1.92. The first-order valence-corrected chi connectivity index (χ1v) is 4.97. The second-order valence-electron chi connectivity index (χ2n) is 2.69. The standard InChI is InChI=1S/C8H9N5OS/c1-14-4-2-3-15-5(4)6-11-7(9)13-8(10)12-6/h2-3H,1H3,(H4,9,10,11,12,13). The number of aromatic nitrogens is 3. The van der Waals surface area contributed by atoms with E-state index in [4.69, 9.17) is 16.2 Å². The number of anilines is 2. The molecule has 6 nitrogen and oxygen atoms in total. The van der Waals surface area contributed by atoms with E-state index < -0.39 is 0 Å². The summed E-state index contributed by atoms with van der Waals surface area (Å²) >= 11 is 1.46. The Kier molecular flexibility index (Phi) is 2.38. The van der Waals surface area contributed by atoms with E-state index in [0.29, 0.717) is 11.6 Å². The van der Waals surface area contributed by atoms with Crippen LogP contribution in [0.5, 0.6) is 5.75 Å². The fourth-order valence-electron chi connectivity index (χ4n) is 1.13. The van der Waals surface area contributed by atoms with Crippen molar-refractivity contribution in [2.24, 2.45) is 0 Å². The second kappa shape index (κ2) is 3.70. The average Bonchev–Trinajstić information content (AvgIpc) is 2.63. The van der Waals surface area contributed by atoms with Crippen molar-refractivity contribution in [3.05, 3.63) is 11.4 Å². The number of methoxy groups -OCH3 is 1. The van der Waals surface area contributed by atoms with E-state index in [1.54, 1.807) is 7.11 Å². The van der Waals surface area contributed by atoms with Gasteiger partial charge in [-0.25, -0.2) is 0 Å².